The molecule has 0 bridgehead atoms. The molecule has 0 aliphatic heterocycles. The van der Waals surface area contributed by atoms with E-state index in [-0.39, 0.29) is 18.0 Å². The smallest absolute Gasteiger partial charge is 0.305 e. The van der Waals surface area contributed by atoms with Crippen LogP contribution in [0.3, 0.4) is 0 Å². The summed E-state index contributed by atoms with van der Waals surface area (Å²) < 4.78 is 13.2. The van der Waals surface area contributed by atoms with E-state index in [1.165, 1.54) is 6.07 Å². The molecule has 122 valence electrons. The van der Waals surface area contributed by atoms with Crippen LogP contribution in [0.4, 0.5) is 10.1 Å². The van der Waals surface area contributed by atoms with E-state index in [0.29, 0.717) is 6.42 Å². The lowest BCUT2D eigenvalue weighted by atomic mass is 10.0. The first-order valence-electron chi connectivity index (χ1n) is 6.87. The number of aliphatic hydroxyl groups is 1. The van der Waals surface area contributed by atoms with Gasteiger partial charge in [0.25, 0.3) is 0 Å². The minimum Gasteiger partial charge on any atom is -0.387 e. The summed E-state index contributed by atoms with van der Waals surface area (Å²) in [5, 5.41) is 23.1. The Bertz CT molecular complexity index is 551. The van der Waals surface area contributed by atoms with E-state index in [1.54, 1.807) is 0 Å². The molecule has 0 heterocycles. The van der Waals surface area contributed by atoms with Gasteiger partial charge >= 0.3 is 5.69 Å². The van der Waals surface area contributed by atoms with Crippen molar-refractivity contribution >= 4 is 11.6 Å². The van der Waals surface area contributed by atoms with E-state index < -0.39 is 34.5 Å². The van der Waals surface area contributed by atoms with E-state index in [9.17, 15) is 24.4 Å². The van der Waals surface area contributed by atoms with Crippen LogP contribution in [0.2, 0.25) is 0 Å². The number of nitrogens with two attached hydrogens (primary N) is 1. The zero-order valence-electron chi connectivity index (χ0n) is 12.5. The van der Waals surface area contributed by atoms with Crippen molar-refractivity contribution in [1.82, 2.24) is 5.32 Å². The van der Waals surface area contributed by atoms with Gasteiger partial charge in [-0.05, 0) is 24.0 Å². The third kappa shape index (κ3) is 5.05. The molecule has 0 unspecified atom stereocenters. The van der Waals surface area contributed by atoms with Gasteiger partial charge in [0.2, 0.25) is 11.7 Å². The number of nitrogens with one attached hydrogen (secondary N) is 1. The van der Waals surface area contributed by atoms with Crippen LogP contribution < -0.4 is 11.1 Å². The third-order valence-corrected chi connectivity index (χ3v) is 3.08. The van der Waals surface area contributed by atoms with Gasteiger partial charge in [0.15, 0.2) is 0 Å². The van der Waals surface area contributed by atoms with E-state index in [1.807, 2.05) is 13.8 Å². The Kier molecular flexibility index (Phi) is 6.39. The van der Waals surface area contributed by atoms with Crippen molar-refractivity contribution in [2.75, 3.05) is 6.54 Å². The summed E-state index contributed by atoms with van der Waals surface area (Å²) in [6, 6.07) is 2.39. The molecule has 0 radical (unpaired) electrons. The average Bonchev–Trinajstić information content (AvgIpc) is 2.43. The molecule has 0 aromatic heterocycles. The Balaban J connectivity index is 2.66. The van der Waals surface area contributed by atoms with E-state index in [4.69, 9.17) is 5.73 Å². The van der Waals surface area contributed by atoms with Gasteiger partial charge in [-0.1, -0.05) is 19.9 Å². The highest BCUT2D eigenvalue weighted by Crippen LogP contribution is 2.22. The monoisotopic (exact) mass is 313 g/mol. The number of nitrogens with zero attached hydrogens (tertiary/aromatic N) is 1. The largest absolute Gasteiger partial charge is 0.387 e. The Morgan fingerprint density at radius 3 is 2.68 bits per heavy atom. The van der Waals surface area contributed by atoms with Gasteiger partial charge in [0.05, 0.1) is 17.1 Å². The number of hydrogen-bond donors (Lipinski definition) is 3. The lowest BCUT2D eigenvalue weighted by molar-refractivity contribution is -0.387. The Morgan fingerprint density at radius 1 is 1.50 bits per heavy atom. The zero-order chi connectivity index (χ0) is 16.9. The quantitative estimate of drug-likeness (QED) is 0.517. The van der Waals surface area contributed by atoms with Crippen LogP contribution in [-0.4, -0.2) is 28.5 Å². The number of halogens is 1. The number of hydrogen-bond acceptors (Lipinski definition) is 5. The molecule has 1 aromatic rings. The molecule has 1 rings (SSSR count). The van der Waals surface area contributed by atoms with Crippen LogP contribution in [0, 0.1) is 21.8 Å². The van der Waals surface area contributed by atoms with E-state index >= 15 is 0 Å². The highest BCUT2D eigenvalue weighted by molar-refractivity contribution is 5.81. The predicted molar refractivity (Wildman–Crippen MR) is 78.5 cm³/mol. The molecule has 0 saturated heterocycles. The van der Waals surface area contributed by atoms with Gasteiger partial charge in [-0.3, -0.25) is 14.9 Å². The summed E-state index contributed by atoms with van der Waals surface area (Å²) in [6.07, 6.45) is -0.682. The zero-order valence-corrected chi connectivity index (χ0v) is 12.5. The van der Waals surface area contributed by atoms with Crippen LogP contribution in [-0.2, 0) is 4.79 Å². The molecule has 22 heavy (non-hydrogen) atoms. The molecule has 0 aliphatic rings. The molecular formula is C14H20FN3O4. The number of carbonyl (C=O) groups is 1. The number of carbonyl (C=O) groups excluding carboxylic acids is 1. The maximum absolute atomic E-state index is 13.2. The van der Waals surface area contributed by atoms with Crippen LogP contribution in [0.25, 0.3) is 0 Å². The second-order valence-corrected chi connectivity index (χ2v) is 5.46. The van der Waals surface area contributed by atoms with Crippen molar-refractivity contribution in [3.8, 4) is 0 Å². The van der Waals surface area contributed by atoms with Crippen LogP contribution >= 0.6 is 0 Å². The lowest BCUT2D eigenvalue weighted by Gasteiger charge is -2.16. The summed E-state index contributed by atoms with van der Waals surface area (Å²) in [6.45, 7) is 3.70. The third-order valence-electron chi connectivity index (χ3n) is 3.08. The fourth-order valence-corrected chi connectivity index (χ4v) is 1.94. The molecule has 7 nitrogen and oxygen atoms in total. The molecule has 2 atom stereocenters. The normalized spacial score (nSPS) is 13.7. The van der Waals surface area contributed by atoms with Crippen molar-refractivity contribution in [2.24, 2.45) is 11.7 Å². The average molecular weight is 313 g/mol. The van der Waals surface area contributed by atoms with Crippen molar-refractivity contribution in [2.45, 2.75) is 32.4 Å². The van der Waals surface area contributed by atoms with Crippen LogP contribution in [0.15, 0.2) is 18.2 Å². The second-order valence-electron chi connectivity index (χ2n) is 5.46. The fourth-order valence-electron chi connectivity index (χ4n) is 1.94. The first-order chi connectivity index (χ1) is 10.2. The molecule has 4 N–H and O–H groups in total. The van der Waals surface area contributed by atoms with Crippen molar-refractivity contribution < 1.29 is 19.2 Å². The maximum Gasteiger partial charge on any atom is 0.305 e. The van der Waals surface area contributed by atoms with Gasteiger partial charge in [-0.25, -0.2) is 0 Å². The molecule has 0 spiro atoms. The lowest BCUT2D eigenvalue weighted by Crippen LogP contribution is -2.42. The molecule has 0 aliphatic carbocycles. The maximum atomic E-state index is 13.2. The number of rotatable bonds is 7. The van der Waals surface area contributed by atoms with Gasteiger partial charge in [-0.2, -0.15) is 4.39 Å². The van der Waals surface area contributed by atoms with Crippen molar-refractivity contribution in [3.05, 3.63) is 39.7 Å². The van der Waals surface area contributed by atoms with E-state index in [2.05, 4.69) is 5.32 Å². The van der Waals surface area contributed by atoms with E-state index in [0.717, 1.165) is 12.1 Å². The fraction of sp³-hybridized carbons (Fsp3) is 0.500. The first-order valence-corrected chi connectivity index (χ1v) is 6.87. The van der Waals surface area contributed by atoms with Gasteiger partial charge < -0.3 is 16.2 Å². The number of nitro groups is 1. The number of benzene rings is 1. The molecular weight excluding hydrogens is 293 g/mol. The van der Waals surface area contributed by atoms with Crippen LogP contribution in [0.5, 0.6) is 0 Å². The van der Waals surface area contributed by atoms with Crippen molar-refractivity contribution in [1.29, 1.82) is 0 Å². The van der Waals surface area contributed by atoms with Crippen LogP contribution in [0.1, 0.15) is 31.9 Å². The van der Waals surface area contributed by atoms with Gasteiger partial charge in [0.1, 0.15) is 0 Å². The van der Waals surface area contributed by atoms with Gasteiger partial charge in [0, 0.05) is 12.6 Å². The highest BCUT2D eigenvalue weighted by atomic mass is 19.1. The van der Waals surface area contributed by atoms with Crippen molar-refractivity contribution in [3.63, 3.8) is 0 Å². The minimum absolute atomic E-state index is 0.144. The van der Waals surface area contributed by atoms with Gasteiger partial charge in [-0.15, -0.1) is 0 Å². The number of nitro benzene ring substituents is 1. The summed E-state index contributed by atoms with van der Waals surface area (Å²) in [5.41, 5.74) is 5.12. The summed E-state index contributed by atoms with van der Waals surface area (Å²) in [7, 11) is 0. The Hall–Kier alpha value is -2.06. The molecule has 0 saturated carbocycles. The number of amides is 1. The first kappa shape index (κ1) is 18.0. The topological polar surface area (TPSA) is 118 Å². The standard InChI is InChI=1S/C14H20FN3O4/c1-8(2)5-11(16)14(20)17-7-13(19)9-3-4-10(15)12(6-9)18(21)22/h3-4,6,8,11,13,19H,5,7,16H2,1-2H3,(H,17,20)/t11-,13-/m0/s1. The molecule has 0 fully saturated rings. The summed E-state index contributed by atoms with van der Waals surface area (Å²) in [4.78, 5) is 21.5. The number of aliphatic hydroxyl groups excluding tert-OH is 1. The predicted octanol–water partition coefficient (Wildman–Crippen LogP) is 1.26. The molecule has 1 amide bonds. The minimum atomic E-state index is -1.19. The molecule has 1 aromatic carbocycles. The summed E-state index contributed by atoms with van der Waals surface area (Å²) in [5.74, 6) is -1.14. The second kappa shape index (κ2) is 7.81. The SMILES string of the molecule is CC(C)C[C@H](N)C(=O)NC[C@H](O)c1ccc(F)c([N+](=O)[O-])c1. The summed E-state index contributed by atoms with van der Waals surface area (Å²) >= 11 is 0. The highest BCUT2D eigenvalue weighted by Gasteiger charge is 2.20. The Labute approximate surface area is 127 Å². The Morgan fingerprint density at radius 2 is 2.14 bits per heavy atom. The molecule has 8 heteroatoms.